The normalized spacial score (nSPS) is 12.4. The quantitative estimate of drug-likeness (QED) is 0.228. The van der Waals surface area contributed by atoms with Crippen LogP contribution in [0.2, 0.25) is 19.6 Å². The number of pyridine rings is 1. The van der Waals surface area contributed by atoms with Gasteiger partial charge in [0.25, 0.3) is 0 Å². The average Bonchev–Trinajstić information content (AvgIpc) is 3.09. The summed E-state index contributed by atoms with van der Waals surface area (Å²) in [5.74, 6) is 0. The van der Waals surface area contributed by atoms with E-state index in [1.165, 1.54) is 54.8 Å². The van der Waals surface area contributed by atoms with Gasteiger partial charge in [-0.05, 0) is 55.7 Å². The molecule has 2 aromatic heterocycles. The Bertz CT molecular complexity index is 1500. The van der Waals surface area contributed by atoms with Crippen LogP contribution in [0.3, 0.4) is 0 Å². The summed E-state index contributed by atoms with van der Waals surface area (Å²) in [7, 11) is 0.818. The van der Waals surface area contributed by atoms with E-state index in [1.807, 2.05) is 6.07 Å². The minimum absolute atomic E-state index is 0.948. The molecule has 0 unspecified atom stereocenters. The van der Waals surface area contributed by atoms with Crippen LogP contribution in [0.25, 0.3) is 44.1 Å². The van der Waals surface area contributed by atoms with Crippen LogP contribution in [0.5, 0.6) is 0 Å². The molecular weight excluding hydrogens is 394 g/mol. The minimum atomic E-state index is -1.36. The molecule has 0 aliphatic rings. The van der Waals surface area contributed by atoms with Crippen molar-refractivity contribution in [2.24, 2.45) is 7.05 Å². The molecule has 0 aliphatic carbocycles. The van der Waals surface area contributed by atoms with E-state index >= 15 is 0 Å². The van der Waals surface area contributed by atoms with E-state index in [-0.39, 0.29) is 0 Å². The molecule has 0 spiro atoms. The molecule has 31 heavy (non-hydrogen) atoms. The van der Waals surface area contributed by atoms with Crippen LogP contribution in [0.1, 0.15) is 16.7 Å². The SMILES string of the molecule is Cc1cc2c(oc3ccccc32)c(-c2cc(C)c3cc([Si](C)(C)C)ccc3[n+]2C)c1C. The summed E-state index contributed by atoms with van der Waals surface area (Å²) in [6, 6.07) is 20.0. The van der Waals surface area contributed by atoms with Gasteiger partial charge in [-0.2, -0.15) is 4.57 Å². The van der Waals surface area contributed by atoms with Crippen molar-refractivity contribution in [3.05, 3.63) is 71.3 Å². The number of aryl methyl sites for hydroxylation is 3. The highest BCUT2D eigenvalue weighted by Crippen LogP contribution is 2.39. The summed E-state index contributed by atoms with van der Waals surface area (Å²) in [6.07, 6.45) is 0. The Balaban J connectivity index is 1.88. The van der Waals surface area contributed by atoms with Crippen LogP contribution < -0.4 is 9.75 Å². The molecule has 0 amide bonds. The molecule has 156 valence electrons. The van der Waals surface area contributed by atoms with Gasteiger partial charge >= 0.3 is 0 Å². The lowest BCUT2D eigenvalue weighted by atomic mass is 9.95. The van der Waals surface area contributed by atoms with Crippen molar-refractivity contribution >= 4 is 46.1 Å². The number of para-hydroxylation sites is 1. The second-order valence-electron chi connectivity index (χ2n) is 9.92. The molecule has 3 aromatic carbocycles. The van der Waals surface area contributed by atoms with Crippen molar-refractivity contribution in [2.45, 2.75) is 40.4 Å². The van der Waals surface area contributed by atoms with Crippen LogP contribution >= 0.6 is 0 Å². The van der Waals surface area contributed by atoms with Crippen LogP contribution in [-0.4, -0.2) is 8.07 Å². The van der Waals surface area contributed by atoms with Crippen LogP contribution in [0.15, 0.2) is 59.0 Å². The van der Waals surface area contributed by atoms with E-state index in [0.717, 1.165) is 11.2 Å². The number of benzene rings is 3. The summed E-state index contributed by atoms with van der Waals surface area (Å²) in [6.45, 7) is 13.9. The molecule has 0 bridgehead atoms. The third-order valence-corrected chi connectivity index (χ3v) is 8.85. The van der Waals surface area contributed by atoms with Crippen molar-refractivity contribution in [3.63, 3.8) is 0 Å². The van der Waals surface area contributed by atoms with Gasteiger partial charge in [0.1, 0.15) is 18.2 Å². The zero-order valence-electron chi connectivity index (χ0n) is 19.6. The standard InChI is InChI=1S/C28H30NOSi/c1-17-14-23-21-10-8-9-11-26(21)30-28(23)27(19(17)3)25-15-18(2)22-16-20(31(5,6)7)12-13-24(22)29(25)4/h8-16H,1-7H3/q+1. The number of aromatic nitrogens is 1. The first-order valence-electron chi connectivity index (χ1n) is 11.0. The second kappa shape index (κ2) is 6.79. The van der Waals surface area contributed by atoms with Gasteiger partial charge in [-0.25, -0.2) is 0 Å². The molecule has 0 saturated heterocycles. The number of hydrogen-bond donors (Lipinski definition) is 0. The van der Waals surface area contributed by atoms with Crippen molar-refractivity contribution in [1.82, 2.24) is 0 Å². The lowest BCUT2D eigenvalue weighted by molar-refractivity contribution is -0.633. The fourth-order valence-corrected chi connectivity index (χ4v) is 5.92. The number of hydrogen-bond acceptors (Lipinski definition) is 1. The molecule has 5 aromatic rings. The second-order valence-corrected chi connectivity index (χ2v) is 15.0. The van der Waals surface area contributed by atoms with Crippen LogP contribution in [-0.2, 0) is 7.05 Å². The Morgan fingerprint density at radius 1 is 0.774 bits per heavy atom. The van der Waals surface area contributed by atoms with E-state index < -0.39 is 8.07 Å². The molecule has 0 aliphatic heterocycles. The lowest BCUT2D eigenvalue weighted by Gasteiger charge is -2.17. The fraction of sp³-hybridized carbons (Fsp3) is 0.250. The molecule has 5 rings (SSSR count). The maximum atomic E-state index is 6.44. The van der Waals surface area contributed by atoms with E-state index in [9.17, 15) is 0 Å². The van der Waals surface area contributed by atoms with Crippen molar-refractivity contribution in [2.75, 3.05) is 0 Å². The first-order chi connectivity index (χ1) is 14.7. The summed E-state index contributed by atoms with van der Waals surface area (Å²) >= 11 is 0. The third-order valence-electron chi connectivity index (χ3n) is 6.81. The Labute approximate surface area is 185 Å². The van der Waals surface area contributed by atoms with E-state index in [4.69, 9.17) is 4.42 Å². The van der Waals surface area contributed by atoms with Gasteiger partial charge in [-0.15, -0.1) is 0 Å². The highest BCUT2D eigenvalue weighted by Gasteiger charge is 2.25. The van der Waals surface area contributed by atoms with Crippen molar-refractivity contribution < 1.29 is 8.98 Å². The largest absolute Gasteiger partial charge is 0.455 e. The van der Waals surface area contributed by atoms with Gasteiger partial charge in [-0.3, -0.25) is 0 Å². The van der Waals surface area contributed by atoms with Gasteiger partial charge in [0, 0.05) is 28.3 Å². The Morgan fingerprint density at radius 3 is 2.26 bits per heavy atom. The van der Waals surface area contributed by atoms with Crippen LogP contribution in [0.4, 0.5) is 0 Å². The van der Waals surface area contributed by atoms with Crippen molar-refractivity contribution in [1.29, 1.82) is 0 Å². The molecule has 0 saturated carbocycles. The maximum absolute atomic E-state index is 6.44. The molecule has 2 heterocycles. The average molecular weight is 425 g/mol. The third kappa shape index (κ3) is 3.02. The summed E-state index contributed by atoms with van der Waals surface area (Å²) in [5, 5.41) is 5.22. The predicted molar refractivity (Wildman–Crippen MR) is 135 cm³/mol. The minimum Gasteiger partial charge on any atom is -0.455 e. The molecule has 0 atom stereocenters. The summed E-state index contributed by atoms with van der Waals surface area (Å²) in [5.41, 5.74) is 9.49. The van der Waals surface area contributed by atoms with Gasteiger partial charge in [0.2, 0.25) is 11.2 Å². The monoisotopic (exact) mass is 424 g/mol. The zero-order valence-corrected chi connectivity index (χ0v) is 20.6. The predicted octanol–water partition coefficient (Wildman–Crippen LogP) is 6.70. The Morgan fingerprint density at radius 2 is 1.52 bits per heavy atom. The first kappa shape index (κ1) is 20.0. The highest BCUT2D eigenvalue weighted by atomic mass is 28.3. The molecule has 3 heteroatoms. The molecular formula is C28H30NOSi+. The van der Waals surface area contributed by atoms with Gasteiger partial charge < -0.3 is 4.42 Å². The number of fused-ring (bicyclic) bond motifs is 4. The Hall–Kier alpha value is -2.91. The first-order valence-corrected chi connectivity index (χ1v) is 14.5. The molecule has 0 N–H and O–H groups in total. The lowest BCUT2D eigenvalue weighted by Crippen LogP contribution is -2.39. The van der Waals surface area contributed by atoms with Crippen molar-refractivity contribution in [3.8, 4) is 11.3 Å². The number of nitrogens with zero attached hydrogens (tertiary/aromatic N) is 1. The van der Waals surface area contributed by atoms with Gasteiger partial charge in [0.05, 0.1) is 13.6 Å². The fourth-order valence-electron chi connectivity index (χ4n) is 4.76. The van der Waals surface area contributed by atoms with E-state index in [1.54, 1.807) is 0 Å². The topological polar surface area (TPSA) is 17.0 Å². The maximum Gasteiger partial charge on any atom is 0.217 e. The zero-order chi connectivity index (χ0) is 22.1. The number of furan rings is 1. The van der Waals surface area contributed by atoms with E-state index in [0.29, 0.717) is 0 Å². The van der Waals surface area contributed by atoms with Gasteiger partial charge in [-0.1, -0.05) is 49.1 Å². The van der Waals surface area contributed by atoms with Crippen LogP contribution in [0, 0.1) is 20.8 Å². The number of rotatable bonds is 2. The highest BCUT2D eigenvalue weighted by molar-refractivity contribution is 6.88. The summed E-state index contributed by atoms with van der Waals surface area (Å²) in [4.78, 5) is 0. The molecule has 0 fully saturated rings. The smallest absolute Gasteiger partial charge is 0.217 e. The van der Waals surface area contributed by atoms with E-state index in [2.05, 4.69) is 101 Å². The van der Waals surface area contributed by atoms with Gasteiger partial charge in [0.15, 0.2) is 0 Å². The molecule has 0 radical (unpaired) electrons. The Kier molecular flexibility index (Phi) is 4.39. The summed E-state index contributed by atoms with van der Waals surface area (Å²) < 4.78 is 8.77. The molecule has 2 nitrogen and oxygen atoms in total.